The second kappa shape index (κ2) is 7.29. The molecule has 2 aliphatic heterocycles. The van der Waals surface area contributed by atoms with Gasteiger partial charge < -0.3 is 5.11 Å². The van der Waals surface area contributed by atoms with Gasteiger partial charge in [0.05, 0.1) is 11.9 Å². The van der Waals surface area contributed by atoms with Crippen LogP contribution in [0.1, 0.15) is 23.7 Å². The minimum Gasteiger partial charge on any atom is -0.387 e. The number of hydrogen-bond acceptors (Lipinski definition) is 5. The number of carbonyl (C=O) groups is 1. The van der Waals surface area contributed by atoms with Gasteiger partial charge in [0, 0.05) is 19.6 Å². The molecule has 2 heterocycles. The summed E-state index contributed by atoms with van der Waals surface area (Å²) in [5.41, 5.74) is 5.86. The van der Waals surface area contributed by atoms with Crippen molar-refractivity contribution in [3.8, 4) is 0 Å². The van der Waals surface area contributed by atoms with Gasteiger partial charge in [-0.25, -0.2) is 5.43 Å². The molecule has 0 bridgehead atoms. The molecule has 0 saturated carbocycles. The molecule has 1 aromatic carbocycles. The third kappa shape index (κ3) is 4.22. The maximum absolute atomic E-state index is 11.1. The Bertz CT molecular complexity index is 657. The van der Waals surface area contributed by atoms with E-state index in [4.69, 9.17) is 0 Å². The molecule has 2 aliphatic rings. The van der Waals surface area contributed by atoms with Crippen molar-refractivity contribution in [1.29, 1.82) is 0 Å². The molecule has 1 aromatic rings. The van der Waals surface area contributed by atoms with Gasteiger partial charge in [-0.05, 0) is 24.5 Å². The van der Waals surface area contributed by atoms with Crippen LogP contribution in [-0.4, -0.2) is 46.3 Å². The zero-order chi connectivity index (χ0) is 16.2. The summed E-state index contributed by atoms with van der Waals surface area (Å²) in [5.74, 6) is 0.393. The maximum atomic E-state index is 11.1. The summed E-state index contributed by atoms with van der Waals surface area (Å²) in [6.07, 6.45) is 2.57. The lowest BCUT2D eigenvalue weighted by Crippen LogP contribution is -2.34. The molecule has 1 unspecified atom stereocenters. The highest BCUT2D eigenvalue weighted by atomic mass is 32.2. The van der Waals surface area contributed by atoms with E-state index < -0.39 is 6.10 Å². The molecule has 23 heavy (non-hydrogen) atoms. The van der Waals surface area contributed by atoms with Gasteiger partial charge in [-0.2, -0.15) is 5.10 Å². The molecule has 6 heteroatoms. The predicted octanol–water partition coefficient (Wildman–Crippen LogP) is 1.84. The molecule has 1 atom stereocenters. The van der Waals surface area contributed by atoms with Gasteiger partial charge in [0.2, 0.25) is 0 Å². The monoisotopic (exact) mass is 331 g/mol. The van der Waals surface area contributed by atoms with E-state index in [0.717, 1.165) is 35.7 Å². The lowest BCUT2D eigenvalue weighted by atomic mass is 10.0. The fourth-order valence-corrected chi connectivity index (χ4v) is 3.59. The number of rotatable bonds is 4. The normalized spacial score (nSPS) is 20.5. The van der Waals surface area contributed by atoms with Crippen molar-refractivity contribution >= 4 is 22.7 Å². The number of benzene rings is 1. The number of aliphatic hydroxyl groups excluding tert-OH is 1. The van der Waals surface area contributed by atoms with Gasteiger partial charge in [0.25, 0.3) is 5.91 Å². The van der Waals surface area contributed by atoms with Crippen LogP contribution in [0.3, 0.4) is 0 Å². The van der Waals surface area contributed by atoms with Crippen molar-refractivity contribution in [2.24, 2.45) is 5.10 Å². The predicted molar refractivity (Wildman–Crippen MR) is 93.3 cm³/mol. The maximum Gasteiger partial charge on any atom is 0.250 e. The lowest BCUT2D eigenvalue weighted by Gasteiger charge is -2.29. The molecular formula is C17H21N3O2S. The number of nitrogens with one attached hydrogen (secondary N) is 1. The van der Waals surface area contributed by atoms with E-state index in [1.807, 2.05) is 31.2 Å². The highest BCUT2D eigenvalue weighted by molar-refractivity contribution is 8.15. The minimum absolute atomic E-state index is 0.0435. The average molecular weight is 331 g/mol. The Balaban J connectivity index is 1.57. The van der Waals surface area contributed by atoms with Gasteiger partial charge in [-0.3, -0.25) is 9.69 Å². The molecule has 0 spiro atoms. The van der Waals surface area contributed by atoms with Gasteiger partial charge in [-0.15, -0.1) is 0 Å². The number of thioether (sulfide) groups is 1. The third-order valence-electron chi connectivity index (χ3n) is 4.05. The molecule has 0 aromatic heterocycles. The number of nitrogens with zero attached hydrogens (tertiary/aromatic N) is 2. The van der Waals surface area contributed by atoms with E-state index in [1.165, 1.54) is 17.3 Å². The van der Waals surface area contributed by atoms with E-state index >= 15 is 0 Å². The first-order chi connectivity index (χ1) is 11.1. The molecule has 0 fully saturated rings. The van der Waals surface area contributed by atoms with Crippen LogP contribution in [0.2, 0.25) is 0 Å². The topological polar surface area (TPSA) is 64.9 Å². The Morgan fingerprint density at radius 1 is 1.48 bits per heavy atom. The zero-order valence-corrected chi connectivity index (χ0v) is 14.0. The fraction of sp³-hybridized carbons (Fsp3) is 0.412. The van der Waals surface area contributed by atoms with E-state index in [0.29, 0.717) is 12.3 Å². The summed E-state index contributed by atoms with van der Waals surface area (Å²) in [6.45, 7) is 4.35. The SMILES string of the molecule is Cc1cccc(C(O)CN2CC=C(C3=NNC(=O)CS3)CC2)c1. The highest BCUT2D eigenvalue weighted by Crippen LogP contribution is 2.23. The summed E-state index contributed by atoms with van der Waals surface area (Å²) in [5, 5.41) is 15.4. The average Bonchev–Trinajstić information content (AvgIpc) is 2.56. The number of hydrazone groups is 1. The van der Waals surface area contributed by atoms with Crippen LogP contribution in [0.15, 0.2) is 41.0 Å². The van der Waals surface area contributed by atoms with Crippen molar-refractivity contribution in [3.63, 3.8) is 0 Å². The number of aryl methyl sites for hydroxylation is 1. The van der Waals surface area contributed by atoms with Crippen LogP contribution in [0.4, 0.5) is 0 Å². The Hall–Kier alpha value is -1.63. The standard InChI is InChI=1S/C17H21N3O2S/c1-12-3-2-4-14(9-12)15(21)10-20-7-5-13(6-8-20)17-19-18-16(22)11-23-17/h2-5,9,15,21H,6-8,10-11H2,1H3,(H,18,22). The Labute approximate surface area is 140 Å². The fourth-order valence-electron chi connectivity index (χ4n) is 2.77. The molecule has 3 rings (SSSR count). The number of carbonyl (C=O) groups excluding carboxylic acids is 1. The molecule has 0 aliphatic carbocycles. The second-order valence-electron chi connectivity index (χ2n) is 5.91. The Morgan fingerprint density at radius 2 is 2.35 bits per heavy atom. The van der Waals surface area contributed by atoms with Crippen LogP contribution < -0.4 is 5.43 Å². The largest absolute Gasteiger partial charge is 0.387 e. The van der Waals surface area contributed by atoms with Crippen molar-refractivity contribution in [1.82, 2.24) is 10.3 Å². The molecule has 0 radical (unpaired) electrons. The van der Waals surface area contributed by atoms with Gasteiger partial charge in [0.1, 0.15) is 5.04 Å². The van der Waals surface area contributed by atoms with Crippen LogP contribution in [-0.2, 0) is 4.79 Å². The van der Waals surface area contributed by atoms with Crippen molar-refractivity contribution in [2.75, 3.05) is 25.4 Å². The first-order valence-electron chi connectivity index (χ1n) is 7.77. The van der Waals surface area contributed by atoms with Crippen LogP contribution in [0.25, 0.3) is 0 Å². The molecule has 5 nitrogen and oxygen atoms in total. The number of hydrogen-bond donors (Lipinski definition) is 2. The summed E-state index contributed by atoms with van der Waals surface area (Å²) in [7, 11) is 0. The molecule has 122 valence electrons. The zero-order valence-electron chi connectivity index (χ0n) is 13.2. The number of amides is 1. The summed E-state index contributed by atoms with van der Waals surface area (Å²) >= 11 is 1.49. The highest BCUT2D eigenvalue weighted by Gasteiger charge is 2.21. The molecule has 1 amide bonds. The minimum atomic E-state index is -0.467. The summed E-state index contributed by atoms with van der Waals surface area (Å²) < 4.78 is 0. The van der Waals surface area contributed by atoms with Gasteiger partial charge >= 0.3 is 0 Å². The van der Waals surface area contributed by atoms with E-state index in [2.05, 4.69) is 21.5 Å². The van der Waals surface area contributed by atoms with Gasteiger partial charge in [0.15, 0.2) is 0 Å². The van der Waals surface area contributed by atoms with Crippen molar-refractivity contribution in [2.45, 2.75) is 19.4 Å². The second-order valence-corrected chi connectivity index (χ2v) is 6.87. The Kier molecular flexibility index (Phi) is 5.15. The van der Waals surface area contributed by atoms with Crippen LogP contribution in [0, 0.1) is 6.92 Å². The quantitative estimate of drug-likeness (QED) is 0.883. The Morgan fingerprint density at radius 3 is 3.00 bits per heavy atom. The van der Waals surface area contributed by atoms with Crippen molar-refractivity contribution in [3.05, 3.63) is 47.0 Å². The third-order valence-corrected chi connectivity index (χ3v) is 5.08. The van der Waals surface area contributed by atoms with Crippen LogP contribution in [0.5, 0.6) is 0 Å². The first-order valence-corrected chi connectivity index (χ1v) is 8.76. The van der Waals surface area contributed by atoms with Gasteiger partial charge in [-0.1, -0.05) is 47.7 Å². The summed E-state index contributed by atoms with van der Waals surface area (Å²) in [4.78, 5) is 13.4. The van der Waals surface area contributed by atoms with E-state index in [-0.39, 0.29) is 5.91 Å². The van der Waals surface area contributed by atoms with Crippen molar-refractivity contribution < 1.29 is 9.90 Å². The summed E-state index contributed by atoms with van der Waals surface area (Å²) in [6, 6.07) is 8.02. The smallest absolute Gasteiger partial charge is 0.250 e. The molecular weight excluding hydrogens is 310 g/mol. The van der Waals surface area contributed by atoms with Crippen LogP contribution >= 0.6 is 11.8 Å². The first kappa shape index (κ1) is 16.2. The lowest BCUT2D eigenvalue weighted by molar-refractivity contribution is -0.118. The van der Waals surface area contributed by atoms with E-state index in [9.17, 15) is 9.90 Å². The molecule has 2 N–H and O–H groups in total. The van der Waals surface area contributed by atoms with E-state index in [1.54, 1.807) is 0 Å². The number of β-amino-alcohol motifs (C(OH)–C–C–N with tert-alkyl or cyclic N) is 1. The molecule has 0 saturated heterocycles. The number of aliphatic hydroxyl groups is 1.